The normalized spacial score (nSPS) is 10.5. The Labute approximate surface area is 152 Å². The minimum absolute atomic E-state index is 0.335. The Bertz CT molecular complexity index is 767. The van der Waals surface area contributed by atoms with Gasteiger partial charge in [-0.15, -0.1) is 0 Å². The van der Waals surface area contributed by atoms with Crippen LogP contribution in [0.25, 0.3) is 0 Å². The molecule has 2 rings (SSSR count). The van der Waals surface area contributed by atoms with Gasteiger partial charge in [0, 0.05) is 5.56 Å². The largest absolute Gasteiger partial charge is 0.493 e. The SMILES string of the molecule is COc1cc(C(=O)NNC(=O)c2ccoc2C)ccc1OCCC(C)C. The quantitative estimate of drug-likeness (QED) is 0.741. The maximum absolute atomic E-state index is 12.2. The molecule has 0 bridgehead atoms. The Hall–Kier alpha value is -2.96. The Morgan fingerprint density at radius 2 is 1.85 bits per heavy atom. The highest BCUT2D eigenvalue weighted by molar-refractivity contribution is 5.99. The highest BCUT2D eigenvalue weighted by Gasteiger charge is 2.15. The maximum atomic E-state index is 12.2. The molecule has 1 aromatic heterocycles. The Kier molecular flexibility index (Phi) is 6.66. The van der Waals surface area contributed by atoms with Crippen molar-refractivity contribution in [2.45, 2.75) is 27.2 Å². The first kappa shape index (κ1) is 19.4. The molecule has 1 heterocycles. The van der Waals surface area contributed by atoms with Gasteiger partial charge in [0.05, 0.1) is 25.5 Å². The van der Waals surface area contributed by atoms with E-state index in [0.29, 0.717) is 40.9 Å². The van der Waals surface area contributed by atoms with Gasteiger partial charge in [0.25, 0.3) is 11.8 Å². The number of ether oxygens (including phenoxy) is 2. The molecule has 0 aliphatic rings. The van der Waals surface area contributed by atoms with Gasteiger partial charge in [0.2, 0.25) is 0 Å². The number of benzene rings is 1. The summed E-state index contributed by atoms with van der Waals surface area (Å²) < 4.78 is 16.0. The third-order valence-electron chi connectivity index (χ3n) is 3.77. The lowest BCUT2D eigenvalue weighted by molar-refractivity contribution is 0.0845. The molecule has 2 N–H and O–H groups in total. The van der Waals surface area contributed by atoms with Gasteiger partial charge in [0.1, 0.15) is 5.76 Å². The maximum Gasteiger partial charge on any atom is 0.273 e. The first-order valence-electron chi connectivity index (χ1n) is 8.38. The smallest absolute Gasteiger partial charge is 0.273 e. The molecule has 0 saturated heterocycles. The molecule has 2 amide bonds. The Morgan fingerprint density at radius 1 is 1.12 bits per heavy atom. The second-order valence-corrected chi connectivity index (χ2v) is 6.20. The van der Waals surface area contributed by atoms with E-state index in [1.807, 2.05) is 0 Å². The molecular formula is C19H24N2O5. The monoisotopic (exact) mass is 360 g/mol. The van der Waals surface area contributed by atoms with Crippen LogP contribution >= 0.6 is 0 Å². The number of rotatable bonds is 7. The molecule has 1 aromatic carbocycles. The van der Waals surface area contributed by atoms with Gasteiger partial charge >= 0.3 is 0 Å². The predicted molar refractivity (Wildman–Crippen MR) is 96.3 cm³/mol. The average Bonchev–Trinajstić information content (AvgIpc) is 3.05. The molecule has 0 spiro atoms. The minimum Gasteiger partial charge on any atom is -0.493 e. The van der Waals surface area contributed by atoms with Gasteiger partial charge in [-0.25, -0.2) is 0 Å². The summed E-state index contributed by atoms with van der Waals surface area (Å²) in [5.74, 6) is 1.12. The van der Waals surface area contributed by atoms with Gasteiger partial charge in [-0.2, -0.15) is 0 Å². The average molecular weight is 360 g/mol. The van der Waals surface area contributed by atoms with Crippen LogP contribution in [0.15, 0.2) is 34.9 Å². The van der Waals surface area contributed by atoms with Crippen molar-refractivity contribution in [1.82, 2.24) is 10.9 Å². The highest BCUT2D eigenvalue weighted by Crippen LogP contribution is 2.28. The summed E-state index contributed by atoms with van der Waals surface area (Å²) in [6, 6.07) is 6.38. The van der Waals surface area contributed by atoms with Crippen molar-refractivity contribution >= 4 is 11.8 Å². The van der Waals surface area contributed by atoms with Gasteiger partial charge in [-0.3, -0.25) is 20.4 Å². The number of carbonyl (C=O) groups excluding carboxylic acids is 2. The number of hydrazine groups is 1. The lowest BCUT2D eigenvalue weighted by Crippen LogP contribution is -2.41. The molecule has 0 atom stereocenters. The van der Waals surface area contributed by atoms with Crippen molar-refractivity contribution in [2.75, 3.05) is 13.7 Å². The second-order valence-electron chi connectivity index (χ2n) is 6.20. The second kappa shape index (κ2) is 8.94. The van der Waals surface area contributed by atoms with Gasteiger partial charge in [0.15, 0.2) is 11.5 Å². The molecule has 26 heavy (non-hydrogen) atoms. The van der Waals surface area contributed by atoms with Crippen LogP contribution in [0.4, 0.5) is 0 Å². The number of aryl methyl sites for hydroxylation is 1. The molecule has 0 aliphatic carbocycles. The van der Waals surface area contributed by atoms with Crippen LogP contribution in [0.5, 0.6) is 11.5 Å². The first-order valence-corrected chi connectivity index (χ1v) is 8.38. The molecule has 0 unspecified atom stereocenters. The van der Waals surface area contributed by atoms with E-state index in [0.717, 1.165) is 6.42 Å². The number of hydrogen-bond acceptors (Lipinski definition) is 5. The summed E-state index contributed by atoms with van der Waals surface area (Å²) in [7, 11) is 1.51. The van der Waals surface area contributed by atoms with Gasteiger partial charge < -0.3 is 13.9 Å². The summed E-state index contributed by atoms with van der Waals surface area (Å²) >= 11 is 0. The predicted octanol–water partition coefficient (Wildman–Crippen LogP) is 3.10. The fourth-order valence-corrected chi connectivity index (χ4v) is 2.21. The van der Waals surface area contributed by atoms with Crippen molar-refractivity contribution < 1.29 is 23.5 Å². The molecule has 0 radical (unpaired) electrons. The number of carbonyl (C=O) groups is 2. The lowest BCUT2D eigenvalue weighted by Gasteiger charge is -2.13. The van der Waals surface area contributed by atoms with Crippen molar-refractivity contribution in [3.05, 3.63) is 47.4 Å². The third-order valence-corrected chi connectivity index (χ3v) is 3.77. The molecule has 140 valence electrons. The van der Waals surface area contributed by atoms with Crippen molar-refractivity contribution in [2.24, 2.45) is 5.92 Å². The number of furan rings is 1. The summed E-state index contributed by atoms with van der Waals surface area (Å²) in [5.41, 5.74) is 5.41. The molecule has 0 fully saturated rings. The number of nitrogens with one attached hydrogen (secondary N) is 2. The molecule has 2 aromatic rings. The summed E-state index contributed by atoms with van der Waals surface area (Å²) in [6.45, 7) is 6.47. The Balaban J connectivity index is 1.98. The van der Waals surface area contributed by atoms with Crippen LogP contribution in [0.1, 0.15) is 46.7 Å². The fraction of sp³-hybridized carbons (Fsp3) is 0.368. The van der Waals surface area contributed by atoms with Gasteiger partial charge in [-0.05, 0) is 43.5 Å². The van der Waals surface area contributed by atoms with E-state index < -0.39 is 11.8 Å². The van der Waals surface area contributed by atoms with E-state index in [1.165, 1.54) is 19.4 Å². The van der Waals surface area contributed by atoms with Crippen molar-refractivity contribution in [3.63, 3.8) is 0 Å². The van der Waals surface area contributed by atoms with Crippen LogP contribution in [0, 0.1) is 12.8 Å². The summed E-state index contributed by atoms with van der Waals surface area (Å²) in [6.07, 6.45) is 2.33. The summed E-state index contributed by atoms with van der Waals surface area (Å²) in [5, 5.41) is 0. The van der Waals surface area contributed by atoms with E-state index >= 15 is 0 Å². The van der Waals surface area contributed by atoms with Crippen LogP contribution in [0.3, 0.4) is 0 Å². The molecule has 0 saturated carbocycles. The van der Waals surface area contributed by atoms with E-state index in [1.54, 1.807) is 25.1 Å². The number of hydrogen-bond donors (Lipinski definition) is 2. The fourth-order valence-electron chi connectivity index (χ4n) is 2.21. The van der Waals surface area contributed by atoms with E-state index in [4.69, 9.17) is 13.9 Å². The zero-order valence-electron chi connectivity index (χ0n) is 15.4. The number of methoxy groups -OCH3 is 1. The number of amides is 2. The van der Waals surface area contributed by atoms with Crippen molar-refractivity contribution in [3.8, 4) is 11.5 Å². The Morgan fingerprint density at radius 3 is 2.46 bits per heavy atom. The summed E-state index contributed by atoms with van der Waals surface area (Å²) in [4.78, 5) is 24.2. The van der Waals surface area contributed by atoms with Crippen LogP contribution in [-0.4, -0.2) is 25.5 Å². The van der Waals surface area contributed by atoms with E-state index in [-0.39, 0.29) is 0 Å². The zero-order valence-corrected chi connectivity index (χ0v) is 15.4. The van der Waals surface area contributed by atoms with Crippen LogP contribution in [0.2, 0.25) is 0 Å². The molecule has 7 nitrogen and oxygen atoms in total. The third kappa shape index (κ3) is 5.02. The topological polar surface area (TPSA) is 89.8 Å². The molecule has 7 heteroatoms. The van der Waals surface area contributed by atoms with E-state index in [2.05, 4.69) is 24.7 Å². The van der Waals surface area contributed by atoms with Crippen molar-refractivity contribution in [1.29, 1.82) is 0 Å². The molecule has 0 aliphatic heterocycles. The van der Waals surface area contributed by atoms with E-state index in [9.17, 15) is 9.59 Å². The van der Waals surface area contributed by atoms with Crippen LogP contribution < -0.4 is 20.3 Å². The minimum atomic E-state index is -0.466. The molecular weight excluding hydrogens is 336 g/mol. The zero-order chi connectivity index (χ0) is 19.1. The standard InChI is InChI=1S/C19H24N2O5/c1-12(2)7-9-26-16-6-5-14(11-17(16)24-4)18(22)20-21-19(23)15-8-10-25-13(15)3/h5-6,8,10-12H,7,9H2,1-4H3,(H,20,22)(H,21,23). The lowest BCUT2D eigenvalue weighted by atomic mass is 10.1. The van der Waals surface area contributed by atoms with Gasteiger partial charge in [-0.1, -0.05) is 13.8 Å². The van der Waals surface area contributed by atoms with Crippen LogP contribution in [-0.2, 0) is 0 Å². The first-order chi connectivity index (χ1) is 12.4. The highest BCUT2D eigenvalue weighted by atomic mass is 16.5.